The van der Waals surface area contributed by atoms with E-state index in [1.54, 1.807) is 0 Å². The number of allylic oxidation sites excluding steroid dienone is 2. The van der Waals surface area contributed by atoms with E-state index in [1.807, 2.05) is 6.92 Å². The molecule has 0 aromatic carbocycles. The maximum atomic E-state index is 11.7. The Labute approximate surface area is 203 Å². The fourth-order valence-corrected chi connectivity index (χ4v) is 9.92. The van der Waals surface area contributed by atoms with Gasteiger partial charge in [0.05, 0.1) is 17.8 Å². The highest BCUT2D eigenvalue weighted by Crippen LogP contribution is 2.75. The predicted octanol–water partition coefficient (Wildman–Crippen LogP) is 6.31. The van der Waals surface area contributed by atoms with Crippen molar-refractivity contribution in [1.82, 2.24) is 0 Å². The van der Waals surface area contributed by atoms with Crippen molar-refractivity contribution in [3.05, 3.63) is 18.1 Å². The van der Waals surface area contributed by atoms with E-state index < -0.39 is 5.60 Å². The van der Waals surface area contributed by atoms with Crippen LogP contribution in [0.2, 0.25) is 0 Å². The van der Waals surface area contributed by atoms with Gasteiger partial charge in [0.15, 0.2) is 0 Å². The molecule has 0 aliphatic heterocycles. The Morgan fingerprint density at radius 1 is 1.03 bits per heavy atom. The van der Waals surface area contributed by atoms with Gasteiger partial charge in [0, 0.05) is 0 Å². The molecule has 10 unspecified atom stereocenters. The summed E-state index contributed by atoms with van der Waals surface area (Å²) in [5.74, 6) is 1.12. The molecular weight excluding hydrogens is 408 g/mol. The third-order valence-electron chi connectivity index (χ3n) is 12.0. The standard InChI is InChI=1S/C30H51O3/c1-19(2)10-9-14-30(8,33)20-11-16-29(7)25(20)21(31)18-23-27(5)15-13-24(32)26(3,4)22(27)12-17-28(23,29)6/h10,12,20-25,31-33H,9,11,13-18H2,1-8H3. The van der Waals surface area contributed by atoms with Gasteiger partial charge in [0.1, 0.15) is 0 Å². The van der Waals surface area contributed by atoms with Crippen LogP contribution in [0.25, 0.3) is 0 Å². The maximum Gasteiger partial charge on any atom is 0.0654 e. The van der Waals surface area contributed by atoms with E-state index in [9.17, 15) is 15.3 Å². The van der Waals surface area contributed by atoms with Gasteiger partial charge < -0.3 is 15.3 Å². The van der Waals surface area contributed by atoms with Crippen LogP contribution >= 0.6 is 0 Å². The molecule has 0 spiro atoms. The minimum atomic E-state index is -0.750. The van der Waals surface area contributed by atoms with E-state index in [-0.39, 0.29) is 45.7 Å². The molecule has 0 bridgehead atoms. The highest BCUT2D eigenvalue weighted by atomic mass is 16.3. The predicted molar refractivity (Wildman–Crippen MR) is 135 cm³/mol. The molecule has 33 heavy (non-hydrogen) atoms. The van der Waals surface area contributed by atoms with Crippen LogP contribution in [0.3, 0.4) is 0 Å². The summed E-state index contributed by atoms with van der Waals surface area (Å²) in [5, 5.41) is 34.2. The van der Waals surface area contributed by atoms with Crippen molar-refractivity contribution in [2.75, 3.05) is 0 Å². The second-order valence-electron chi connectivity index (χ2n) is 14.3. The third kappa shape index (κ3) is 3.61. The van der Waals surface area contributed by atoms with Crippen LogP contribution in [0, 0.1) is 51.8 Å². The lowest BCUT2D eigenvalue weighted by Gasteiger charge is -2.70. The summed E-state index contributed by atoms with van der Waals surface area (Å²) in [6.07, 6.45) is 11.7. The fourth-order valence-electron chi connectivity index (χ4n) is 9.92. The zero-order valence-corrected chi connectivity index (χ0v) is 22.6. The van der Waals surface area contributed by atoms with Gasteiger partial charge in [-0.25, -0.2) is 0 Å². The normalized spacial score (nSPS) is 50.5. The number of hydrogen-bond donors (Lipinski definition) is 3. The molecule has 189 valence electrons. The number of aliphatic hydroxyl groups is 3. The smallest absolute Gasteiger partial charge is 0.0654 e. The Morgan fingerprint density at radius 3 is 2.33 bits per heavy atom. The van der Waals surface area contributed by atoms with E-state index in [0.717, 1.165) is 51.4 Å². The van der Waals surface area contributed by atoms with Gasteiger partial charge >= 0.3 is 0 Å². The van der Waals surface area contributed by atoms with Crippen LogP contribution in [0.15, 0.2) is 11.6 Å². The van der Waals surface area contributed by atoms with Crippen molar-refractivity contribution in [2.24, 2.45) is 45.3 Å². The molecule has 0 heterocycles. The van der Waals surface area contributed by atoms with Gasteiger partial charge in [-0.15, -0.1) is 0 Å². The number of fused-ring (bicyclic) bond motifs is 5. The molecule has 3 N–H and O–H groups in total. The summed E-state index contributed by atoms with van der Waals surface area (Å²) in [6.45, 7) is 18.2. The summed E-state index contributed by atoms with van der Waals surface area (Å²) in [5.41, 5.74) is 0.672. The molecule has 3 nitrogen and oxygen atoms in total. The van der Waals surface area contributed by atoms with Crippen LogP contribution in [0.5, 0.6) is 0 Å². The molecule has 4 rings (SSSR count). The zero-order chi connectivity index (χ0) is 24.6. The van der Waals surface area contributed by atoms with Gasteiger partial charge in [-0.05, 0) is 124 Å². The molecule has 4 fully saturated rings. The average molecular weight is 460 g/mol. The first-order chi connectivity index (χ1) is 15.1. The number of aliphatic hydroxyl groups excluding tert-OH is 2. The second-order valence-corrected chi connectivity index (χ2v) is 14.3. The van der Waals surface area contributed by atoms with Crippen molar-refractivity contribution in [3.8, 4) is 0 Å². The van der Waals surface area contributed by atoms with Gasteiger partial charge in [-0.3, -0.25) is 0 Å². The second kappa shape index (κ2) is 8.07. The van der Waals surface area contributed by atoms with Crippen molar-refractivity contribution < 1.29 is 15.3 Å². The minimum Gasteiger partial charge on any atom is -0.393 e. The van der Waals surface area contributed by atoms with E-state index >= 15 is 0 Å². The highest BCUT2D eigenvalue weighted by molar-refractivity contribution is 5.23. The lowest BCUT2D eigenvalue weighted by atomic mass is 9.35. The third-order valence-corrected chi connectivity index (χ3v) is 12.0. The van der Waals surface area contributed by atoms with Crippen molar-refractivity contribution in [2.45, 2.75) is 125 Å². The fraction of sp³-hybridized carbons (Fsp3) is 0.900. The minimum absolute atomic E-state index is 0.0190. The number of hydrogen-bond acceptors (Lipinski definition) is 3. The number of rotatable bonds is 4. The summed E-state index contributed by atoms with van der Waals surface area (Å²) in [7, 11) is 0. The maximum absolute atomic E-state index is 11.7. The quantitative estimate of drug-likeness (QED) is 0.431. The Kier molecular flexibility index (Phi) is 6.28. The molecule has 1 radical (unpaired) electrons. The van der Waals surface area contributed by atoms with Gasteiger partial charge in [0.25, 0.3) is 0 Å². The van der Waals surface area contributed by atoms with Crippen molar-refractivity contribution in [1.29, 1.82) is 0 Å². The molecule has 4 saturated carbocycles. The Bertz CT molecular complexity index is 779. The van der Waals surface area contributed by atoms with Gasteiger partial charge in [0.2, 0.25) is 0 Å². The SMILES string of the molecule is CC(C)=CCCC(C)(O)C1CCC2(C)C1C(O)CC1C3(C)CCC(O)C(C)(C)C3[CH]CC12C. The summed E-state index contributed by atoms with van der Waals surface area (Å²) in [4.78, 5) is 0. The molecule has 10 atom stereocenters. The molecule has 0 saturated heterocycles. The van der Waals surface area contributed by atoms with E-state index in [1.165, 1.54) is 5.57 Å². The van der Waals surface area contributed by atoms with Crippen LogP contribution in [0.1, 0.15) is 107 Å². The van der Waals surface area contributed by atoms with Crippen LogP contribution < -0.4 is 0 Å². The summed E-state index contributed by atoms with van der Waals surface area (Å²) < 4.78 is 0. The largest absolute Gasteiger partial charge is 0.393 e. The monoisotopic (exact) mass is 459 g/mol. The Balaban J connectivity index is 1.66. The Morgan fingerprint density at radius 2 is 1.70 bits per heavy atom. The Hall–Kier alpha value is -0.380. The first-order valence-corrected chi connectivity index (χ1v) is 13.7. The molecule has 3 heteroatoms. The van der Waals surface area contributed by atoms with Crippen LogP contribution in [0.4, 0.5) is 0 Å². The molecule has 0 aromatic rings. The van der Waals surface area contributed by atoms with Gasteiger partial charge in [-0.1, -0.05) is 46.3 Å². The van der Waals surface area contributed by atoms with E-state index in [4.69, 9.17) is 0 Å². The first-order valence-electron chi connectivity index (χ1n) is 13.7. The van der Waals surface area contributed by atoms with Gasteiger partial charge in [-0.2, -0.15) is 0 Å². The lowest BCUT2D eigenvalue weighted by molar-refractivity contribution is -0.232. The summed E-state index contributed by atoms with van der Waals surface area (Å²) in [6, 6.07) is 0. The van der Waals surface area contributed by atoms with E-state index in [0.29, 0.717) is 11.8 Å². The molecular formula is C30H51O3. The average Bonchev–Trinajstić information content (AvgIpc) is 3.08. The molecule has 0 aromatic heterocycles. The topological polar surface area (TPSA) is 60.7 Å². The van der Waals surface area contributed by atoms with E-state index in [2.05, 4.69) is 61.0 Å². The van der Waals surface area contributed by atoms with Crippen molar-refractivity contribution in [3.63, 3.8) is 0 Å². The summed E-state index contributed by atoms with van der Waals surface area (Å²) >= 11 is 0. The first kappa shape index (κ1) is 25.7. The van der Waals surface area contributed by atoms with Crippen LogP contribution in [-0.4, -0.2) is 33.1 Å². The molecule has 0 amide bonds. The molecule has 4 aliphatic carbocycles. The lowest BCUT2D eigenvalue weighted by Crippen LogP contribution is -2.66. The highest BCUT2D eigenvalue weighted by Gasteiger charge is 2.71. The van der Waals surface area contributed by atoms with Crippen LogP contribution in [-0.2, 0) is 0 Å². The molecule has 4 aliphatic rings. The zero-order valence-electron chi connectivity index (χ0n) is 22.6. The van der Waals surface area contributed by atoms with Crippen molar-refractivity contribution >= 4 is 0 Å².